The highest BCUT2D eigenvalue weighted by atomic mass is 35.5. The van der Waals surface area contributed by atoms with Gasteiger partial charge in [-0.2, -0.15) is 0 Å². The minimum atomic E-state index is -1.25. The third kappa shape index (κ3) is 5.80. The van der Waals surface area contributed by atoms with E-state index in [1.807, 2.05) is 32.0 Å². The van der Waals surface area contributed by atoms with Crippen LogP contribution in [-0.2, 0) is 9.59 Å². The molecule has 2 rings (SSSR count). The lowest BCUT2D eigenvalue weighted by Gasteiger charge is -2.20. The van der Waals surface area contributed by atoms with Crippen LogP contribution < -0.4 is 15.2 Å². The molecule has 0 aromatic heterocycles. The number of aryl methyl sites for hydroxylation is 2. The fourth-order valence-corrected chi connectivity index (χ4v) is 2.48. The van der Waals surface area contributed by atoms with Gasteiger partial charge in [0.25, 0.3) is 5.91 Å². The lowest BCUT2D eigenvalue weighted by Crippen LogP contribution is -2.36. The number of carboxylic acid groups (broad SMARTS) is 1. The summed E-state index contributed by atoms with van der Waals surface area (Å²) in [6.07, 6.45) is -0.336. The largest absolute Gasteiger partial charge is 0.550 e. The van der Waals surface area contributed by atoms with Crippen LogP contribution >= 0.6 is 11.6 Å². The van der Waals surface area contributed by atoms with Gasteiger partial charge in [0.15, 0.2) is 6.61 Å². The predicted molar refractivity (Wildman–Crippen MR) is 93.4 cm³/mol. The van der Waals surface area contributed by atoms with E-state index in [0.29, 0.717) is 16.3 Å². The van der Waals surface area contributed by atoms with Crippen LogP contribution in [0.25, 0.3) is 0 Å². The monoisotopic (exact) mass is 360 g/mol. The number of carboxylic acids is 1. The lowest BCUT2D eigenvalue weighted by atomic mass is 10.0. The molecule has 0 bridgehead atoms. The Hall–Kier alpha value is -2.53. The molecule has 6 heteroatoms. The van der Waals surface area contributed by atoms with Crippen molar-refractivity contribution in [3.8, 4) is 5.75 Å². The molecule has 1 atom stereocenters. The van der Waals surface area contributed by atoms with Gasteiger partial charge in [-0.05, 0) is 48.7 Å². The molecule has 1 amide bonds. The second kappa shape index (κ2) is 8.53. The number of nitrogens with one attached hydrogen (secondary N) is 1. The van der Waals surface area contributed by atoms with E-state index in [1.165, 1.54) is 0 Å². The van der Waals surface area contributed by atoms with Crippen molar-refractivity contribution >= 4 is 23.5 Å². The number of aliphatic carboxylic acids is 1. The molecule has 0 radical (unpaired) electrons. The maximum atomic E-state index is 12.2. The zero-order valence-corrected chi connectivity index (χ0v) is 14.8. The Morgan fingerprint density at radius 3 is 2.48 bits per heavy atom. The van der Waals surface area contributed by atoms with Crippen LogP contribution in [0.3, 0.4) is 0 Å². The topological polar surface area (TPSA) is 78.5 Å². The summed E-state index contributed by atoms with van der Waals surface area (Å²) >= 11 is 5.84. The fraction of sp³-hybridized carbons (Fsp3) is 0.263. The molecule has 5 nitrogen and oxygen atoms in total. The molecule has 132 valence electrons. The standard InChI is InChI=1S/C19H20ClNO4/c1-12-3-4-13(2)17(9-12)25-11-18(22)21-16(10-19(23)24)14-5-7-15(20)8-6-14/h3-9,16H,10-11H2,1-2H3,(H,21,22)(H,23,24)/p-1/t16-/m1/s1. The molecule has 0 heterocycles. The number of carbonyl (C=O) groups excluding carboxylic acids is 2. The van der Waals surface area contributed by atoms with E-state index in [9.17, 15) is 14.7 Å². The minimum Gasteiger partial charge on any atom is -0.550 e. The minimum absolute atomic E-state index is 0.207. The number of halogens is 1. The molecular weight excluding hydrogens is 342 g/mol. The van der Waals surface area contributed by atoms with Crippen LogP contribution in [0.5, 0.6) is 5.75 Å². The highest BCUT2D eigenvalue weighted by molar-refractivity contribution is 6.30. The Labute approximate surface area is 151 Å². The van der Waals surface area contributed by atoms with E-state index in [4.69, 9.17) is 16.3 Å². The Morgan fingerprint density at radius 2 is 1.84 bits per heavy atom. The van der Waals surface area contributed by atoms with E-state index >= 15 is 0 Å². The van der Waals surface area contributed by atoms with Gasteiger partial charge in [-0.1, -0.05) is 35.9 Å². The van der Waals surface area contributed by atoms with Crippen LogP contribution in [0.2, 0.25) is 5.02 Å². The number of carbonyl (C=O) groups is 2. The first-order valence-electron chi connectivity index (χ1n) is 7.80. The first-order chi connectivity index (χ1) is 11.8. The van der Waals surface area contributed by atoms with Crippen molar-refractivity contribution < 1.29 is 19.4 Å². The maximum absolute atomic E-state index is 12.2. The van der Waals surface area contributed by atoms with Gasteiger partial charge in [-0.25, -0.2) is 0 Å². The molecule has 0 aliphatic rings. The van der Waals surface area contributed by atoms with Crippen LogP contribution in [0.4, 0.5) is 0 Å². The van der Waals surface area contributed by atoms with Gasteiger partial charge < -0.3 is 20.0 Å². The molecule has 0 aliphatic heterocycles. The van der Waals surface area contributed by atoms with Gasteiger partial charge in [0.2, 0.25) is 0 Å². The van der Waals surface area contributed by atoms with E-state index in [-0.39, 0.29) is 13.0 Å². The van der Waals surface area contributed by atoms with Crippen LogP contribution in [0.15, 0.2) is 42.5 Å². The van der Waals surface area contributed by atoms with Crippen molar-refractivity contribution in [1.82, 2.24) is 5.32 Å². The molecule has 2 aromatic carbocycles. The van der Waals surface area contributed by atoms with Crippen molar-refractivity contribution in [2.24, 2.45) is 0 Å². The quantitative estimate of drug-likeness (QED) is 0.822. The van der Waals surface area contributed by atoms with Crippen molar-refractivity contribution in [2.45, 2.75) is 26.3 Å². The molecule has 0 saturated heterocycles. The smallest absolute Gasteiger partial charge is 0.258 e. The van der Waals surface area contributed by atoms with Gasteiger partial charge in [0.1, 0.15) is 5.75 Å². The van der Waals surface area contributed by atoms with Gasteiger partial charge in [-0.3, -0.25) is 4.79 Å². The third-order valence-corrected chi connectivity index (χ3v) is 3.93. The third-order valence-electron chi connectivity index (χ3n) is 3.68. The molecular formula is C19H19ClNO4-. The molecule has 0 spiro atoms. The van der Waals surface area contributed by atoms with Gasteiger partial charge in [-0.15, -0.1) is 0 Å². The Kier molecular flexibility index (Phi) is 6.42. The van der Waals surface area contributed by atoms with Crippen LogP contribution in [0, 0.1) is 13.8 Å². The number of hydrogen-bond acceptors (Lipinski definition) is 4. The van der Waals surface area contributed by atoms with Gasteiger partial charge in [0.05, 0.1) is 6.04 Å². The van der Waals surface area contributed by atoms with Crippen LogP contribution in [0.1, 0.15) is 29.2 Å². The van der Waals surface area contributed by atoms with Crippen molar-refractivity contribution in [2.75, 3.05) is 6.61 Å². The summed E-state index contributed by atoms with van der Waals surface area (Å²) in [6.45, 7) is 3.61. The van der Waals surface area contributed by atoms with Crippen molar-refractivity contribution in [1.29, 1.82) is 0 Å². The summed E-state index contributed by atoms with van der Waals surface area (Å²) in [5, 5.41) is 14.2. The van der Waals surface area contributed by atoms with E-state index in [1.54, 1.807) is 24.3 Å². The Bertz CT molecular complexity index is 759. The molecule has 0 aliphatic carbocycles. The van der Waals surface area contributed by atoms with Gasteiger partial charge >= 0.3 is 0 Å². The summed E-state index contributed by atoms with van der Waals surface area (Å²) in [5.41, 5.74) is 2.58. The summed E-state index contributed by atoms with van der Waals surface area (Å²) < 4.78 is 5.54. The zero-order valence-electron chi connectivity index (χ0n) is 14.0. The number of benzene rings is 2. The van der Waals surface area contributed by atoms with E-state index in [0.717, 1.165) is 11.1 Å². The molecule has 25 heavy (non-hydrogen) atoms. The Balaban J connectivity index is 2.02. The lowest BCUT2D eigenvalue weighted by molar-refractivity contribution is -0.306. The first kappa shape index (κ1) is 18.8. The molecule has 0 saturated carbocycles. The number of amides is 1. The summed E-state index contributed by atoms with van der Waals surface area (Å²) in [6, 6.07) is 11.6. The average Bonchev–Trinajstić information content (AvgIpc) is 2.55. The van der Waals surface area contributed by atoms with E-state index in [2.05, 4.69) is 5.32 Å². The first-order valence-corrected chi connectivity index (χ1v) is 8.17. The second-order valence-corrected chi connectivity index (χ2v) is 6.24. The van der Waals surface area contributed by atoms with Crippen molar-refractivity contribution in [3.05, 3.63) is 64.2 Å². The number of rotatable bonds is 7. The Morgan fingerprint density at radius 1 is 1.16 bits per heavy atom. The SMILES string of the molecule is Cc1ccc(C)c(OCC(=O)N[C@H](CC(=O)[O-])c2ccc(Cl)cc2)c1. The number of ether oxygens (including phenoxy) is 1. The van der Waals surface area contributed by atoms with Crippen molar-refractivity contribution in [3.63, 3.8) is 0 Å². The molecule has 1 N–H and O–H groups in total. The maximum Gasteiger partial charge on any atom is 0.258 e. The summed E-state index contributed by atoms with van der Waals surface area (Å²) in [7, 11) is 0. The normalized spacial score (nSPS) is 11.6. The highest BCUT2D eigenvalue weighted by Crippen LogP contribution is 2.21. The van der Waals surface area contributed by atoms with E-state index < -0.39 is 17.9 Å². The number of hydrogen-bond donors (Lipinski definition) is 1. The van der Waals surface area contributed by atoms with Gasteiger partial charge in [0, 0.05) is 17.4 Å². The highest BCUT2D eigenvalue weighted by Gasteiger charge is 2.16. The van der Waals surface area contributed by atoms with Crippen LogP contribution in [-0.4, -0.2) is 18.5 Å². The molecule has 2 aromatic rings. The summed E-state index contributed by atoms with van der Waals surface area (Å²) in [4.78, 5) is 23.1. The molecule has 0 fully saturated rings. The molecule has 0 unspecified atom stereocenters. The fourth-order valence-electron chi connectivity index (χ4n) is 2.36. The summed E-state index contributed by atoms with van der Waals surface area (Å²) in [5.74, 6) is -1.05. The predicted octanol–water partition coefficient (Wildman–Crippen LogP) is 2.33. The zero-order chi connectivity index (χ0) is 18.4. The average molecular weight is 361 g/mol. The second-order valence-electron chi connectivity index (χ2n) is 5.81.